The van der Waals surface area contributed by atoms with E-state index in [1.165, 1.54) is 0 Å². The third-order valence-corrected chi connectivity index (χ3v) is 4.60. The van der Waals surface area contributed by atoms with Crippen molar-refractivity contribution in [2.75, 3.05) is 5.73 Å². The number of hydrogen-bond donors (Lipinski definition) is 1. The Balaban J connectivity index is 2.04. The summed E-state index contributed by atoms with van der Waals surface area (Å²) in [6.45, 7) is 0. The summed E-state index contributed by atoms with van der Waals surface area (Å²) < 4.78 is 3.67. The molecule has 0 aliphatic rings. The molecule has 96 valence electrons. The highest BCUT2D eigenvalue weighted by Gasteiger charge is 2.12. The first kappa shape index (κ1) is 12.8. The molecule has 2 N–H and O–H groups in total. The number of thiophene rings is 1. The van der Waals surface area contributed by atoms with E-state index in [1.54, 1.807) is 28.4 Å². The number of halogens is 2. The van der Waals surface area contributed by atoms with Gasteiger partial charge >= 0.3 is 0 Å². The third kappa shape index (κ3) is 2.58. The summed E-state index contributed by atoms with van der Waals surface area (Å²) in [7, 11) is 0. The van der Waals surface area contributed by atoms with Crippen molar-refractivity contribution in [3.05, 3.63) is 44.9 Å². The Hall–Kier alpha value is -1.18. The fourth-order valence-corrected chi connectivity index (χ4v) is 3.27. The van der Waals surface area contributed by atoms with E-state index in [2.05, 4.69) is 41.9 Å². The van der Waals surface area contributed by atoms with Crippen molar-refractivity contribution in [2.24, 2.45) is 0 Å². The monoisotopic (exact) mass is 398 g/mol. The summed E-state index contributed by atoms with van der Waals surface area (Å²) in [5.74, 6) is 0.733. The number of hydrogen-bond acceptors (Lipinski definition) is 4. The summed E-state index contributed by atoms with van der Waals surface area (Å²) >= 11 is 8.39. The second-order valence-electron chi connectivity index (χ2n) is 3.82. The lowest BCUT2D eigenvalue weighted by Crippen LogP contribution is -1.97. The molecule has 0 saturated heterocycles. The lowest BCUT2D eigenvalue weighted by molar-refractivity contribution is 0.850. The smallest absolute Gasteiger partial charge is 0.153 e. The van der Waals surface area contributed by atoms with E-state index in [0.717, 1.165) is 24.6 Å². The van der Waals surface area contributed by atoms with Crippen LogP contribution in [0.3, 0.4) is 0 Å². The molecule has 0 amide bonds. The Labute approximate surface area is 130 Å². The fraction of sp³-hybridized carbons (Fsp3) is 0. The molecule has 0 atom stereocenters. The maximum Gasteiger partial charge on any atom is 0.153 e. The average Bonchev–Trinajstić information content (AvgIpc) is 2.96. The van der Waals surface area contributed by atoms with Crippen LogP contribution in [0.1, 0.15) is 0 Å². The van der Waals surface area contributed by atoms with Gasteiger partial charge in [-0.1, -0.05) is 0 Å². The van der Waals surface area contributed by atoms with E-state index in [1.807, 2.05) is 24.3 Å². The van der Waals surface area contributed by atoms with Crippen LogP contribution in [0.25, 0.3) is 16.4 Å². The predicted molar refractivity (Wildman–Crippen MR) is 84.5 cm³/mol. The minimum atomic E-state index is 0.638. The number of nitrogens with two attached hydrogens (primary N) is 1. The number of rotatable bonds is 2. The summed E-state index contributed by atoms with van der Waals surface area (Å²) in [4.78, 5) is 5.32. The molecule has 19 heavy (non-hydrogen) atoms. The van der Waals surface area contributed by atoms with Gasteiger partial charge in [0.05, 0.1) is 20.5 Å². The van der Waals surface area contributed by atoms with Gasteiger partial charge in [0.25, 0.3) is 0 Å². The lowest BCUT2D eigenvalue weighted by Gasteiger charge is -1.99. The van der Waals surface area contributed by atoms with E-state index < -0.39 is 0 Å². The maximum atomic E-state index is 6.02. The van der Waals surface area contributed by atoms with E-state index >= 15 is 0 Å². The first-order valence-corrected chi connectivity index (χ1v) is 7.76. The Kier molecular flexibility index (Phi) is 3.42. The first-order valence-electron chi connectivity index (χ1n) is 5.36. The maximum absolute atomic E-state index is 6.02. The molecule has 0 radical (unpaired) electrons. The van der Waals surface area contributed by atoms with Crippen LogP contribution in [0, 0.1) is 0 Å². The molecule has 0 fully saturated rings. The molecule has 3 aromatic heterocycles. The van der Waals surface area contributed by atoms with Crippen LogP contribution in [-0.2, 0) is 0 Å². The molecule has 0 bridgehead atoms. The number of pyridine rings is 1. The zero-order valence-electron chi connectivity index (χ0n) is 9.55. The molecule has 0 saturated carbocycles. The molecule has 0 aromatic carbocycles. The van der Waals surface area contributed by atoms with Crippen LogP contribution < -0.4 is 5.73 Å². The standard InChI is InChI=1S/C12H8Br2N4S/c13-7-1-4-11(16-5-7)18-6-8(15)12(17-18)9-2-3-10(14)19-9/h1-6H,15H2. The molecular weight excluding hydrogens is 392 g/mol. The van der Waals surface area contributed by atoms with E-state index in [4.69, 9.17) is 5.73 Å². The van der Waals surface area contributed by atoms with Gasteiger partial charge in [-0.25, -0.2) is 9.67 Å². The molecule has 0 aliphatic heterocycles. The molecule has 0 spiro atoms. The van der Waals surface area contributed by atoms with Crippen LogP contribution in [0.4, 0.5) is 5.69 Å². The molecule has 7 heteroatoms. The highest BCUT2D eigenvalue weighted by atomic mass is 79.9. The highest BCUT2D eigenvalue weighted by molar-refractivity contribution is 9.11. The quantitative estimate of drug-likeness (QED) is 0.705. The van der Waals surface area contributed by atoms with Crippen molar-refractivity contribution in [2.45, 2.75) is 0 Å². The lowest BCUT2D eigenvalue weighted by atomic mass is 10.3. The molecule has 0 aliphatic carbocycles. The van der Waals surface area contributed by atoms with Gasteiger partial charge in [-0.05, 0) is 56.1 Å². The summed E-state index contributed by atoms with van der Waals surface area (Å²) in [6.07, 6.45) is 3.51. The third-order valence-electron chi connectivity index (χ3n) is 2.50. The van der Waals surface area contributed by atoms with Crippen LogP contribution in [-0.4, -0.2) is 14.8 Å². The van der Waals surface area contributed by atoms with E-state index in [0.29, 0.717) is 5.69 Å². The van der Waals surface area contributed by atoms with Gasteiger partial charge in [0.15, 0.2) is 5.82 Å². The fourth-order valence-electron chi connectivity index (χ4n) is 1.64. The van der Waals surface area contributed by atoms with Gasteiger partial charge < -0.3 is 5.73 Å². The highest BCUT2D eigenvalue weighted by Crippen LogP contribution is 2.33. The molecule has 4 nitrogen and oxygen atoms in total. The zero-order chi connectivity index (χ0) is 13.4. The molecule has 3 aromatic rings. The largest absolute Gasteiger partial charge is 0.396 e. The van der Waals surface area contributed by atoms with Crippen molar-refractivity contribution in [3.8, 4) is 16.4 Å². The van der Waals surface area contributed by atoms with Gasteiger partial charge in [-0.15, -0.1) is 11.3 Å². The van der Waals surface area contributed by atoms with Gasteiger partial charge in [0.1, 0.15) is 5.69 Å². The normalized spacial score (nSPS) is 10.8. The van der Waals surface area contributed by atoms with Gasteiger partial charge in [-0.3, -0.25) is 0 Å². The number of nitrogen functional groups attached to an aromatic ring is 1. The second kappa shape index (κ2) is 5.07. The SMILES string of the molecule is Nc1cn(-c2ccc(Br)cn2)nc1-c1ccc(Br)s1. The summed E-state index contributed by atoms with van der Waals surface area (Å²) in [5, 5.41) is 4.50. The van der Waals surface area contributed by atoms with Crippen LogP contribution >= 0.6 is 43.2 Å². The van der Waals surface area contributed by atoms with Crippen molar-refractivity contribution < 1.29 is 0 Å². The number of aromatic nitrogens is 3. The predicted octanol–water partition coefficient (Wildman–Crippen LogP) is 4.10. The van der Waals surface area contributed by atoms with E-state index in [9.17, 15) is 0 Å². The Morgan fingerprint density at radius 2 is 2.00 bits per heavy atom. The molecular formula is C12H8Br2N4S. The minimum absolute atomic E-state index is 0.638. The zero-order valence-corrected chi connectivity index (χ0v) is 13.5. The minimum Gasteiger partial charge on any atom is -0.396 e. The molecule has 3 rings (SSSR count). The van der Waals surface area contributed by atoms with Crippen molar-refractivity contribution >= 4 is 48.9 Å². The van der Waals surface area contributed by atoms with Crippen LogP contribution in [0.2, 0.25) is 0 Å². The second-order valence-corrected chi connectivity index (χ2v) is 7.19. The van der Waals surface area contributed by atoms with Crippen molar-refractivity contribution in [1.29, 1.82) is 0 Å². The van der Waals surface area contributed by atoms with Gasteiger partial charge in [0.2, 0.25) is 0 Å². The first-order chi connectivity index (χ1) is 9.13. The van der Waals surface area contributed by atoms with Crippen molar-refractivity contribution in [1.82, 2.24) is 14.8 Å². The van der Waals surface area contributed by atoms with E-state index in [-0.39, 0.29) is 0 Å². The Bertz CT molecular complexity index is 718. The Morgan fingerprint density at radius 3 is 2.63 bits per heavy atom. The van der Waals surface area contributed by atoms with Crippen LogP contribution in [0.15, 0.2) is 44.9 Å². The Morgan fingerprint density at radius 1 is 1.16 bits per heavy atom. The average molecular weight is 400 g/mol. The molecule has 0 unspecified atom stereocenters. The molecule has 3 heterocycles. The number of anilines is 1. The van der Waals surface area contributed by atoms with Gasteiger partial charge in [-0.2, -0.15) is 5.10 Å². The summed E-state index contributed by atoms with van der Waals surface area (Å²) in [5.41, 5.74) is 7.44. The van der Waals surface area contributed by atoms with Crippen molar-refractivity contribution in [3.63, 3.8) is 0 Å². The van der Waals surface area contributed by atoms with Gasteiger partial charge in [0, 0.05) is 10.7 Å². The van der Waals surface area contributed by atoms with Crippen LogP contribution in [0.5, 0.6) is 0 Å². The number of nitrogens with zero attached hydrogens (tertiary/aromatic N) is 3. The topological polar surface area (TPSA) is 56.7 Å². The summed E-state index contributed by atoms with van der Waals surface area (Å²) in [6, 6.07) is 7.77.